The zero-order valence-corrected chi connectivity index (χ0v) is 11.8. The summed E-state index contributed by atoms with van der Waals surface area (Å²) in [7, 11) is 4.04. The second kappa shape index (κ2) is 6.14. The number of pyridine rings is 1. The molecule has 1 heterocycles. The molecule has 0 aliphatic heterocycles. The van der Waals surface area contributed by atoms with Crippen LogP contribution >= 0.6 is 0 Å². The lowest BCUT2D eigenvalue weighted by Crippen LogP contribution is -2.41. The van der Waals surface area contributed by atoms with Gasteiger partial charge in [0.1, 0.15) is 5.54 Å². The average Bonchev–Trinajstić information content (AvgIpc) is 2.91. The molecule has 1 N–H and O–H groups in total. The van der Waals surface area contributed by atoms with Crippen LogP contribution in [0, 0.1) is 11.3 Å². The van der Waals surface area contributed by atoms with Gasteiger partial charge in [0.25, 0.3) is 0 Å². The summed E-state index contributed by atoms with van der Waals surface area (Å²) in [6, 6.07) is 8.97. The van der Waals surface area contributed by atoms with Crippen LogP contribution in [0.15, 0.2) is 24.4 Å². The van der Waals surface area contributed by atoms with E-state index in [1.54, 1.807) is 0 Å². The summed E-state index contributed by atoms with van der Waals surface area (Å²) in [6.07, 6.45) is 5.75. The van der Waals surface area contributed by atoms with Crippen molar-refractivity contribution in [3.05, 3.63) is 30.1 Å². The Balaban J connectivity index is 1.85. The maximum Gasteiger partial charge on any atom is 0.108 e. The summed E-state index contributed by atoms with van der Waals surface area (Å²) in [5.41, 5.74) is 0.816. The molecule has 1 aromatic rings. The van der Waals surface area contributed by atoms with Gasteiger partial charge >= 0.3 is 0 Å². The van der Waals surface area contributed by atoms with Crippen LogP contribution in [-0.2, 0) is 6.42 Å². The zero-order valence-electron chi connectivity index (χ0n) is 11.8. The van der Waals surface area contributed by atoms with E-state index in [1.165, 1.54) is 0 Å². The molecule has 2 unspecified atom stereocenters. The van der Waals surface area contributed by atoms with Crippen LogP contribution in [0.4, 0.5) is 0 Å². The van der Waals surface area contributed by atoms with Crippen LogP contribution < -0.4 is 5.32 Å². The summed E-state index contributed by atoms with van der Waals surface area (Å²) >= 11 is 0. The van der Waals surface area contributed by atoms with Crippen molar-refractivity contribution in [1.29, 1.82) is 5.26 Å². The second-order valence-corrected chi connectivity index (χ2v) is 5.39. The predicted octanol–water partition coefficient (Wildman–Crippen LogP) is 1.59. The SMILES string of the molecule is CNC1(C#N)CCC(N(C)CCc2ccccn2)C1. The monoisotopic (exact) mass is 258 g/mol. The van der Waals surface area contributed by atoms with Gasteiger partial charge in [0.2, 0.25) is 0 Å². The molecule has 0 aromatic carbocycles. The van der Waals surface area contributed by atoms with Gasteiger partial charge in [-0.1, -0.05) is 6.07 Å². The van der Waals surface area contributed by atoms with E-state index in [9.17, 15) is 5.26 Å². The Morgan fingerprint density at radius 3 is 3.00 bits per heavy atom. The fraction of sp³-hybridized carbons (Fsp3) is 0.600. The van der Waals surface area contributed by atoms with Gasteiger partial charge in [0, 0.05) is 30.9 Å². The van der Waals surface area contributed by atoms with Crippen molar-refractivity contribution in [2.24, 2.45) is 0 Å². The van der Waals surface area contributed by atoms with Crippen molar-refractivity contribution in [2.75, 3.05) is 20.6 Å². The molecule has 0 radical (unpaired) electrons. The molecule has 4 heteroatoms. The molecular weight excluding hydrogens is 236 g/mol. The summed E-state index contributed by atoms with van der Waals surface area (Å²) in [6.45, 7) is 0.993. The van der Waals surface area contributed by atoms with Crippen molar-refractivity contribution < 1.29 is 0 Å². The first-order valence-electron chi connectivity index (χ1n) is 6.89. The minimum Gasteiger partial charge on any atom is -0.303 e. The molecule has 0 spiro atoms. The first kappa shape index (κ1) is 14.0. The minimum atomic E-state index is -0.316. The quantitative estimate of drug-likeness (QED) is 0.871. The van der Waals surface area contributed by atoms with Gasteiger partial charge < -0.3 is 10.2 Å². The van der Waals surface area contributed by atoms with Gasteiger partial charge in [-0.2, -0.15) is 5.26 Å². The molecule has 0 amide bonds. The van der Waals surface area contributed by atoms with Gasteiger partial charge in [-0.3, -0.25) is 4.98 Å². The van der Waals surface area contributed by atoms with Crippen molar-refractivity contribution >= 4 is 0 Å². The van der Waals surface area contributed by atoms with Gasteiger partial charge in [-0.05, 0) is 45.5 Å². The fourth-order valence-electron chi connectivity index (χ4n) is 2.80. The number of aromatic nitrogens is 1. The third-order valence-corrected chi connectivity index (χ3v) is 4.25. The largest absolute Gasteiger partial charge is 0.303 e. The number of likely N-dealkylation sites (N-methyl/N-ethyl adjacent to an activating group) is 1. The standard InChI is InChI=1S/C15H22N4/c1-17-15(12-16)8-6-14(11-15)19(2)10-7-13-5-3-4-9-18-13/h3-5,9,14,17H,6-8,10-11H2,1-2H3. The van der Waals surface area contributed by atoms with Crippen LogP contribution in [0.3, 0.4) is 0 Å². The van der Waals surface area contributed by atoms with Crippen LogP contribution in [0.5, 0.6) is 0 Å². The average molecular weight is 258 g/mol. The molecule has 1 fully saturated rings. The van der Waals surface area contributed by atoms with Crippen LogP contribution in [-0.4, -0.2) is 42.1 Å². The Hall–Kier alpha value is -1.44. The van der Waals surface area contributed by atoms with E-state index in [-0.39, 0.29) is 5.54 Å². The van der Waals surface area contributed by atoms with Crippen LogP contribution in [0.2, 0.25) is 0 Å². The fourth-order valence-corrected chi connectivity index (χ4v) is 2.80. The number of hydrogen-bond acceptors (Lipinski definition) is 4. The highest BCUT2D eigenvalue weighted by Gasteiger charge is 2.39. The second-order valence-electron chi connectivity index (χ2n) is 5.39. The molecule has 102 valence electrons. The number of nitriles is 1. The zero-order chi connectivity index (χ0) is 13.7. The van der Waals surface area contributed by atoms with E-state index in [0.29, 0.717) is 6.04 Å². The van der Waals surface area contributed by atoms with Gasteiger partial charge in [-0.25, -0.2) is 0 Å². The number of hydrogen-bond donors (Lipinski definition) is 1. The molecule has 19 heavy (non-hydrogen) atoms. The highest BCUT2D eigenvalue weighted by molar-refractivity contribution is 5.13. The van der Waals surface area contributed by atoms with E-state index in [0.717, 1.165) is 37.9 Å². The maximum atomic E-state index is 9.28. The molecule has 4 nitrogen and oxygen atoms in total. The molecular formula is C15H22N4. The lowest BCUT2D eigenvalue weighted by molar-refractivity contribution is 0.239. The highest BCUT2D eigenvalue weighted by Crippen LogP contribution is 2.31. The van der Waals surface area contributed by atoms with Crippen molar-refractivity contribution in [2.45, 2.75) is 37.3 Å². The topological polar surface area (TPSA) is 52.0 Å². The molecule has 2 atom stereocenters. The molecule has 0 bridgehead atoms. The Morgan fingerprint density at radius 2 is 2.42 bits per heavy atom. The van der Waals surface area contributed by atoms with Crippen molar-refractivity contribution in [3.63, 3.8) is 0 Å². The molecule has 1 aliphatic carbocycles. The van der Waals surface area contributed by atoms with E-state index >= 15 is 0 Å². The summed E-state index contributed by atoms with van der Waals surface area (Å²) in [5, 5.41) is 12.5. The lowest BCUT2D eigenvalue weighted by Gasteiger charge is -2.26. The molecule has 1 aromatic heterocycles. The molecule has 0 saturated heterocycles. The first-order chi connectivity index (χ1) is 9.19. The minimum absolute atomic E-state index is 0.316. The first-order valence-corrected chi connectivity index (χ1v) is 6.89. The lowest BCUT2D eigenvalue weighted by atomic mass is 10.00. The Kier molecular flexibility index (Phi) is 4.52. The number of rotatable bonds is 5. The predicted molar refractivity (Wildman–Crippen MR) is 75.6 cm³/mol. The summed E-state index contributed by atoms with van der Waals surface area (Å²) < 4.78 is 0. The van der Waals surface area contributed by atoms with Gasteiger partial charge in [-0.15, -0.1) is 0 Å². The normalized spacial score (nSPS) is 26.5. The van der Waals surface area contributed by atoms with E-state index in [4.69, 9.17) is 0 Å². The number of nitrogens with one attached hydrogen (secondary N) is 1. The molecule has 2 rings (SSSR count). The van der Waals surface area contributed by atoms with Crippen molar-refractivity contribution in [1.82, 2.24) is 15.2 Å². The Labute approximate surface area is 115 Å². The summed E-state index contributed by atoms with van der Waals surface area (Å²) in [4.78, 5) is 6.71. The number of nitrogens with zero attached hydrogens (tertiary/aromatic N) is 3. The van der Waals surface area contributed by atoms with Gasteiger partial charge in [0.05, 0.1) is 6.07 Å². The van der Waals surface area contributed by atoms with Gasteiger partial charge in [0.15, 0.2) is 0 Å². The Morgan fingerprint density at radius 1 is 1.58 bits per heavy atom. The van der Waals surface area contributed by atoms with E-state index < -0.39 is 0 Å². The smallest absolute Gasteiger partial charge is 0.108 e. The Bertz CT molecular complexity index is 439. The third-order valence-electron chi connectivity index (χ3n) is 4.25. The van der Waals surface area contributed by atoms with Crippen LogP contribution in [0.25, 0.3) is 0 Å². The highest BCUT2D eigenvalue weighted by atomic mass is 15.1. The van der Waals surface area contributed by atoms with E-state index in [2.05, 4.69) is 34.4 Å². The summed E-state index contributed by atoms with van der Waals surface area (Å²) in [5.74, 6) is 0. The molecule has 1 aliphatic rings. The maximum absolute atomic E-state index is 9.28. The van der Waals surface area contributed by atoms with E-state index in [1.807, 2.05) is 25.4 Å². The van der Waals surface area contributed by atoms with Crippen LogP contribution in [0.1, 0.15) is 25.0 Å². The van der Waals surface area contributed by atoms with Crippen molar-refractivity contribution in [3.8, 4) is 6.07 Å². The third kappa shape index (κ3) is 3.31. The molecule has 1 saturated carbocycles.